The highest BCUT2D eigenvalue weighted by atomic mass is 35.5. The zero-order valence-corrected chi connectivity index (χ0v) is 21.7. The van der Waals surface area contributed by atoms with E-state index in [1.54, 1.807) is 36.4 Å². The summed E-state index contributed by atoms with van der Waals surface area (Å²) in [6.45, 7) is 3.93. The quantitative estimate of drug-likeness (QED) is 0.211. The van der Waals surface area contributed by atoms with Gasteiger partial charge in [-0.25, -0.2) is 9.69 Å². The summed E-state index contributed by atoms with van der Waals surface area (Å²) in [5.74, 6) is -0.881. The Bertz CT molecular complexity index is 1470. The van der Waals surface area contributed by atoms with Crippen LogP contribution in [0, 0.1) is 0 Å². The molecule has 0 spiro atoms. The van der Waals surface area contributed by atoms with E-state index in [2.05, 4.69) is 11.9 Å². The molecule has 3 aromatic rings. The maximum Gasteiger partial charge on any atom is 0.335 e. The molecule has 4 rings (SSSR count). The fraction of sp³-hybridized carbons (Fsp3) is 0.107. The molecular formula is C28H22Cl2N2O6. The third kappa shape index (κ3) is 5.66. The summed E-state index contributed by atoms with van der Waals surface area (Å²) in [7, 11) is 1.47. The topological polar surface area (TPSA) is 105 Å². The molecule has 38 heavy (non-hydrogen) atoms. The average molecular weight is 553 g/mol. The minimum Gasteiger partial charge on any atom is -0.508 e. The number of rotatable bonds is 8. The van der Waals surface area contributed by atoms with Gasteiger partial charge in [-0.15, -0.1) is 6.58 Å². The Kier molecular flexibility index (Phi) is 8.05. The number of carbonyl (C=O) groups is 3. The zero-order chi connectivity index (χ0) is 27.4. The molecule has 4 amide bonds. The summed E-state index contributed by atoms with van der Waals surface area (Å²) in [4.78, 5) is 39.1. The molecule has 1 aliphatic rings. The number of halogens is 2. The number of nitrogens with one attached hydrogen (secondary N) is 1. The number of imide groups is 2. The highest BCUT2D eigenvalue weighted by Gasteiger charge is 2.37. The van der Waals surface area contributed by atoms with Gasteiger partial charge in [0.25, 0.3) is 11.8 Å². The number of phenolic OH excluding ortho intramolecular Hbond substituents is 1. The van der Waals surface area contributed by atoms with Gasteiger partial charge in [0, 0.05) is 21.2 Å². The van der Waals surface area contributed by atoms with Crippen LogP contribution < -0.4 is 19.7 Å². The van der Waals surface area contributed by atoms with Crippen LogP contribution in [0.2, 0.25) is 10.0 Å². The van der Waals surface area contributed by atoms with Gasteiger partial charge in [0.1, 0.15) is 17.9 Å². The number of aromatic hydroxyl groups is 1. The van der Waals surface area contributed by atoms with Gasteiger partial charge in [0.15, 0.2) is 11.5 Å². The Balaban J connectivity index is 1.70. The van der Waals surface area contributed by atoms with Gasteiger partial charge in [-0.05, 0) is 66.6 Å². The molecule has 0 bridgehead atoms. The second-order valence-corrected chi connectivity index (χ2v) is 9.05. The first-order chi connectivity index (χ1) is 18.2. The maximum absolute atomic E-state index is 13.2. The van der Waals surface area contributed by atoms with Crippen LogP contribution in [0.25, 0.3) is 6.08 Å². The van der Waals surface area contributed by atoms with Crippen molar-refractivity contribution in [2.75, 3.05) is 12.0 Å². The first kappa shape index (κ1) is 26.8. The van der Waals surface area contributed by atoms with E-state index in [9.17, 15) is 19.5 Å². The molecule has 0 atom stereocenters. The molecule has 3 aromatic carbocycles. The molecular weight excluding hydrogens is 531 g/mol. The fourth-order valence-corrected chi connectivity index (χ4v) is 4.30. The van der Waals surface area contributed by atoms with E-state index in [0.29, 0.717) is 39.1 Å². The Hall–Kier alpha value is -4.27. The number of anilines is 1. The Morgan fingerprint density at radius 2 is 1.76 bits per heavy atom. The lowest BCUT2D eigenvalue weighted by Crippen LogP contribution is -2.54. The zero-order valence-electron chi connectivity index (χ0n) is 20.2. The predicted octanol–water partition coefficient (Wildman–Crippen LogP) is 5.68. The van der Waals surface area contributed by atoms with Crippen LogP contribution in [0.1, 0.15) is 16.7 Å². The predicted molar refractivity (Wildman–Crippen MR) is 145 cm³/mol. The molecule has 1 heterocycles. The van der Waals surface area contributed by atoms with Crippen LogP contribution in [-0.2, 0) is 22.6 Å². The SMILES string of the molecule is C=CCc1cc(/C=C2\C(=O)NC(=O)N(c3ccc(O)cc3)C2=O)cc(OC)c1OCc1ccc(Cl)cc1Cl. The smallest absolute Gasteiger partial charge is 0.335 e. The molecule has 1 fully saturated rings. The minimum absolute atomic E-state index is 0.0343. The van der Waals surface area contributed by atoms with Gasteiger partial charge < -0.3 is 14.6 Å². The molecule has 1 aliphatic heterocycles. The van der Waals surface area contributed by atoms with E-state index in [1.807, 2.05) is 0 Å². The molecule has 0 unspecified atom stereocenters. The molecule has 1 saturated heterocycles. The summed E-state index contributed by atoms with van der Waals surface area (Å²) in [6.07, 6.45) is 3.44. The van der Waals surface area contributed by atoms with Crippen molar-refractivity contribution < 1.29 is 29.0 Å². The van der Waals surface area contributed by atoms with Crippen molar-refractivity contribution in [2.24, 2.45) is 0 Å². The number of methoxy groups -OCH3 is 1. The third-order valence-corrected chi connectivity index (χ3v) is 6.23. The monoisotopic (exact) mass is 552 g/mol. The first-order valence-corrected chi connectivity index (χ1v) is 12.1. The highest BCUT2D eigenvalue weighted by Crippen LogP contribution is 2.36. The molecule has 10 heteroatoms. The largest absolute Gasteiger partial charge is 0.508 e. The highest BCUT2D eigenvalue weighted by molar-refractivity contribution is 6.39. The normalized spacial score (nSPS) is 14.4. The Labute approximate surface area is 228 Å². The Morgan fingerprint density at radius 3 is 2.42 bits per heavy atom. The number of phenols is 1. The molecule has 0 saturated carbocycles. The van der Waals surface area contributed by atoms with Gasteiger partial charge >= 0.3 is 6.03 Å². The summed E-state index contributed by atoms with van der Waals surface area (Å²) in [6, 6.07) is 13.0. The van der Waals surface area contributed by atoms with Crippen LogP contribution in [-0.4, -0.2) is 30.1 Å². The van der Waals surface area contributed by atoms with Gasteiger partial charge in [0.2, 0.25) is 0 Å². The van der Waals surface area contributed by atoms with E-state index in [1.165, 1.54) is 37.5 Å². The summed E-state index contributed by atoms with van der Waals surface area (Å²) in [5, 5.41) is 12.7. The molecule has 194 valence electrons. The van der Waals surface area contributed by atoms with Crippen molar-refractivity contribution in [1.29, 1.82) is 0 Å². The second kappa shape index (κ2) is 11.4. The summed E-state index contributed by atoms with van der Waals surface area (Å²) in [5.41, 5.74) is 1.81. The van der Waals surface area contributed by atoms with E-state index in [-0.39, 0.29) is 23.6 Å². The van der Waals surface area contributed by atoms with Gasteiger partial charge in [-0.2, -0.15) is 0 Å². The molecule has 8 nitrogen and oxygen atoms in total. The average Bonchev–Trinajstić information content (AvgIpc) is 2.87. The van der Waals surface area contributed by atoms with Crippen LogP contribution in [0.3, 0.4) is 0 Å². The number of benzene rings is 3. The van der Waals surface area contributed by atoms with E-state index in [4.69, 9.17) is 32.7 Å². The third-order valence-electron chi connectivity index (χ3n) is 5.65. The summed E-state index contributed by atoms with van der Waals surface area (Å²) < 4.78 is 11.6. The lowest BCUT2D eigenvalue weighted by Gasteiger charge is -2.26. The van der Waals surface area contributed by atoms with E-state index >= 15 is 0 Å². The number of ether oxygens (including phenoxy) is 2. The van der Waals surface area contributed by atoms with Gasteiger partial charge in [0.05, 0.1) is 12.8 Å². The minimum atomic E-state index is -0.891. The van der Waals surface area contributed by atoms with Gasteiger partial charge in [-0.1, -0.05) is 35.3 Å². The van der Waals surface area contributed by atoms with E-state index in [0.717, 1.165) is 10.5 Å². The van der Waals surface area contributed by atoms with Crippen molar-refractivity contribution in [3.8, 4) is 17.2 Å². The standard InChI is InChI=1S/C28H22Cl2N2O6/c1-3-4-17-11-16(13-24(37-2)25(17)38-15-18-5-6-19(29)14-23(18)30)12-22-26(34)31-28(36)32(27(22)35)20-7-9-21(33)10-8-20/h3,5-14,33H,1,4,15H2,2H3,(H,31,34,36)/b22-12+. The molecule has 0 radical (unpaired) electrons. The number of hydrogen-bond acceptors (Lipinski definition) is 6. The first-order valence-electron chi connectivity index (χ1n) is 11.3. The number of allylic oxidation sites excluding steroid dienone is 1. The van der Waals surface area contributed by atoms with Crippen LogP contribution in [0.15, 0.2) is 72.8 Å². The lowest BCUT2D eigenvalue weighted by atomic mass is 10.0. The number of urea groups is 1. The van der Waals surface area contributed by atoms with Gasteiger partial charge in [-0.3, -0.25) is 14.9 Å². The molecule has 0 aromatic heterocycles. The second-order valence-electron chi connectivity index (χ2n) is 8.20. The number of barbiturate groups is 1. The lowest BCUT2D eigenvalue weighted by molar-refractivity contribution is -0.122. The van der Waals surface area contributed by atoms with Crippen LogP contribution >= 0.6 is 23.2 Å². The van der Waals surface area contributed by atoms with E-state index < -0.39 is 17.8 Å². The fourth-order valence-electron chi connectivity index (χ4n) is 3.84. The Morgan fingerprint density at radius 1 is 1.03 bits per heavy atom. The maximum atomic E-state index is 13.2. The van der Waals surface area contributed by atoms with Crippen molar-refractivity contribution in [1.82, 2.24) is 5.32 Å². The summed E-state index contributed by atoms with van der Waals surface area (Å²) >= 11 is 12.3. The molecule has 2 N–H and O–H groups in total. The van der Waals surface area contributed by atoms with Crippen LogP contribution in [0.4, 0.5) is 10.5 Å². The van der Waals surface area contributed by atoms with Crippen molar-refractivity contribution in [3.05, 3.63) is 99.6 Å². The van der Waals surface area contributed by atoms with Crippen molar-refractivity contribution in [3.63, 3.8) is 0 Å². The number of nitrogens with zero attached hydrogens (tertiary/aromatic N) is 1. The van der Waals surface area contributed by atoms with Crippen molar-refractivity contribution in [2.45, 2.75) is 13.0 Å². The number of amides is 4. The molecule has 0 aliphatic carbocycles. The van der Waals surface area contributed by atoms with Crippen molar-refractivity contribution >= 4 is 52.8 Å². The number of hydrogen-bond donors (Lipinski definition) is 2. The van der Waals surface area contributed by atoms with Crippen LogP contribution in [0.5, 0.6) is 17.2 Å². The number of carbonyl (C=O) groups excluding carboxylic acids is 3.